The Morgan fingerprint density at radius 1 is 1.37 bits per heavy atom. The maximum absolute atomic E-state index is 10.9. The SMILES string of the molecule is COc1ccc(CSC2CCNC(=S(=O)=O)C2)cc1. The Bertz CT molecular complexity index is 544. The lowest BCUT2D eigenvalue weighted by Crippen LogP contribution is -2.35. The molecule has 19 heavy (non-hydrogen) atoms. The summed E-state index contributed by atoms with van der Waals surface area (Å²) in [4.78, 5) is 0.443. The fourth-order valence-electron chi connectivity index (χ4n) is 1.96. The quantitative estimate of drug-likeness (QED) is 0.858. The summed E-state index contributed by atoms with van der Waals surface area (Å²) in [5.41, 5.74) is 1.23. The molecule has 0 aromatic heterocycles. The minimum atomic E-state index is -2.10. The van der Waals surface area contributed by atoms with Crippen molar-refractivity contribution < 1.29 is 13.2 Å². The molecule has 1 unspecified atom stereocenters. The normalized spacial score (nSPS) is 19.2. The van der Waals surface area contributed by atoms with Gasteiger partial charge >= 0.3 is 0 Å². The Morgan fingerprint density at radius 2 is 2.11 bits per heavy atom. The molecule has 1 saturated heterocycles. The van der Waals surface area contributed by atoms with Crippen molar-refractivity contribution in [2.24, 2.45) is 0 Å². The van der Waals surface area contributed by atoms with Crippen LogP contribution in [0.3, 0.4) is 0 Å². The molecule has 0 saturated carbocycles. The first-order valence-corrected chi connectivity index (χ1v) is 8.25. The molecular formula is C13H17NO3S2. The van der Waals surface area contributed by atoms with Gasteiger partial charge in [0.15, 0.2) is 0 Å². The van der Waals surface area contributed by atoms with E-state index in [2.05, 4.69) is 5.32 Å². The number of hydrogen-bond donors (Lipinski definition) is 1. The van der Waals surface area contributed by atoms with Crippen molar-refractivity contribution in [3.63, 3.8) is 0 Å². The fraction of sp³-hybridized carbons (Fsp3) is 0.462. The zero-order valence-electron chi connectivity index (χ0n) is 10.8. The van der Waals surface area contributed by atoms with Crippen molar-refractivity contribution in [3.05, 3.63) is 29.8 Å². The molecule has 4 nitrogen and oxygen atoms in total. The van der Waals surface area contributed by atoms with E-state index >= 15 is 0 Å². The molecule has 1 heterocycles. The van der Waals surface area contributed by atoms with E-state index in [1.54, 1.807) is 7.11 Å². The number of benzene rings is 1. The molecule has 1 aromatic rings. The van der Waals surface area contributed by atoms with Crippen LogP contribution in [0, 0.1) is 0 Å². The lowest BCUT2D eigenvalue weighted by molar-refractivity contribution is 0.414. The summed E-state index contributed by atoms with van der Waals surface area (Å²) in [6, 6.07) is 7.98. The summed E-state index contributed by atoms with van der Waals surface area (Å²) in [6.45, 7) is 0.740. The van der Waals surface area contributed by atoms with E-state index < -0.39 is 10.3 Å². The van der Waals surface area contributed by atoms with Gasteiger partial charge in [0.25, 0.3) is 0 Å². The molecule has 6 heteroatoms. The zero-order chi connectivity index (χ0) is 13.7. The van der Waals surface area contributed by atoms with Gasteiger partial charge in [0.2, 0.25) is 10.3 Å². The third-order valence-corrected chi connectivity index (χ3v) is 5.13. The van der Waals surface area contributed by atoms with E-state index in [0.717, 1.165) is 24.5 Å². The molecule has 0 bridgehead atoms. The molecule has 1 aliphatic rings. The van der Waals surface area contributed by atoms with Crippen LogP contribution in [0.2, 0.25) is 0 Å². The lowest BCUT2D eigenvalue weighted by Gasteiger charge is -2.22. The van der Waals surface area contributed by atoms with Crippen LogP contribution in [0.15, 0.2) is 24.3 Å². The summed E-state index contributed by atoms with van der Waals surface area (Å²) in [5, 5.41) is 3.31. The first kappa shape index (κ1) is 14.4. The van der Waals surface area contributed by atoms with E-state index in [0.29, 0.717) is 16.7 Å². The number of ether oxygens (including phenoxy) is 1. The minimum Gasteiger partial charge on any atom is -0.497 e. The summed E-state index contributed by atoms with van der Waals surface area (Å²) < 4.78 is 27.0. The molecule has 2 rings (SSSR count). The number of piperidine rings is 1. The third kappa shape index (κ3) is 4.26. The van der Waals surface area contributed by atoms with Crippen LogP contribution in [0.1, 0.15) is 18.4 Å². The van der Waals surface area contributed by atoms with Gasteiger partial charge in [-0.1, -0.05) is 12.1 Å². The predicted octanol–water partition coefficient (Wildman–Crippen LogP) is 1.69. The average Bonchev–Trinajstić information content (AvgIpc) is 2.46. The van der Waals surface area contributed by atoms with Crippen molar-refractivity contribution in [2.75, 3.05) is 13.7 Å². The van der Waals surface area contributed by atoms with E-state index in [-0.39, 0.29) is 0 Å². The van der Waals surface area contributed by atoms with Crippen LogP contribution in [0.5, 0.6) is 5.75 Å². The van der Waals surface area contributed by atoms with Gasteiger partial charge in [0, 0.05) is 24.0 Å². The molecule has 1 atom stereocenters. The Kier molecular flexibility index (Phi) is 5.30. The minimum absolute atomic E-state index is 0.372. The third-order valence-electron chi connectivity index (χ3n) is 3.05. The standard InChI is InChI=1S/C13H17NO3S2/c1-17-11-4-2-10(3-5-11)9-18-12-6-7-14-13(8-12)19(15)16/h2-5,12,14H,6-9H2,1H3. The Balaban J connectivity index is 1.89. The van der Waals surface area contributed by atoms with Crippen LogP contribution in [0.25, 0.3) is 0 Å². The van der Waals surface area contributed by atoms with Gasteiger partial charge in [-0.15, -0.1) is 0 Å². The summed E-state index contributed by atoms with van der Waals surface area (Å²) in [6.07, 6.45) is 1.61. The topological polar surface area (TPSA) is 55.4 Å². The summed E-state index contributed by atoms with van der Waals surface area (Å²) in [5.74, 6) is 1.75. The Morgan fingerprint density at radius 3 is 2.74 bits per heavy atom. The van der Waals surface area contributed by atoms with Gasteiger partial charge in [-0.05, 0) is 24.1 Å². The zero-order valence-corrected chi connectivity index (χ0v) is 12.4. The number of thioether (sulfide) groups is 1. The molecule has 1 fully saturated rings. The molecule has 0 radical (unpaired) electrons. The molecule has 0 aliphatic carbocycles. The highest BCUT2D eigenvalue weighted by atomic mass is 32.2. The van der Waals surface area contributed by atoms with Crippen molar-refractivity contribution in [1.82, 2.24) is 5.32 Å². The van der Waals surface area contributed by atoms with Crippen LogP contribution in [0.4, 0.5) is 0 Å². The van der Waals surface area contributed by atoms with Crippen molar-refractivity contribution >= 4 is 27.0 Å². The summed E-state index contributed by atoms with van der Waals surface area (Å²) in [7, 11) is -0.447. The van der Waals surface area contributed by atoms with E-state index in [9.17, 15) is 8.42 Å². The van der Waals surface area contributed by atoms with Crippen LogP contribution in [-0.2, 0) is 16.0 Å². The first-order chi connectivity index (χ1) is 9.19. The predicted molar refractivity (Wildman–Crippen MR) is 79.2 cm³/mol. The lowest BCUT2D eigenvalue weighted by atomic mass is 10.2. The van der Waals surface area contributed by atoms with Gasteiger partial charge in [-0.25, -0.2) is 0 Å². The fourth-order valence-corrected chi connectivity index (χ4v) is 3.81. The van der Waals surface area contributed by atoms with Crippen LogP contribution in [-0.4, -0.2) is 32.3 Å². The monoisotopic (exact) mass is 299 g/mol. The van der Waals surface area contributed by atoms with Crippen molar-refractivity contribution in [1.29, 1.82) is 0 Å². The largest absolute Gasteiger partial charge is 0.497 e. The van der Waals surface area contributed by atoms with Gasteiger partial charge < -0.3 is 4.74 Å². The van der Waals surface area contributed by atoms with E-state index in [1.165, 1.54) is 5.56 Å². The second-order valence-electron chi connectivity index (χ2n) is 4.36. The van der Waals surface area contributed by atoms with Crippen LogP contribution < -0.4 is 10.1 Å². The highest BCUT2D eigenvalue weighted by Crippen LogP contribution is 2.25. The van der Waals surface area contributed by atoms with Gasteiger partial charge in [-0.2, -0.15) is 20.2 Å². The van der Waals surface area contributed by atoms with E-state index in [1.807, 2.05) is 36.0 Å². The van der Waals surface area contributed by atoms with Crippen molar-refractivity contribution in [3.8, 4) is 5.75 Å². The van der Waals surface area contributed by atoms with Crippen LogP contribution >= 0.6 is 11.8 Å². The molecule has 104 valence electrons. The van der Waals surface area contributed by atoms with Gasteiger partial charge in [0.05, 0.1) is 7.11 Å². The number of nitrogens with one attached hydrogen (secondary N) is 1. The molecular weight excluding hydrogens is 282 g/mol. The maximum atomic E-state index is 10.9. The van der Waals surface area contributed by atoms with Gasteiger partial charge in [-0.3, -0.25) is 5.32 Å². The molecule has 1 aliphatic heterocycles. The second kappa shape index (κ2) is 6.98. The number of hydrogen-bond acceptors (Lipinski definition) is 4. The average molecular weight is 299 g/mol. The smallest absolute Gasteiger partial charge is 0.228 e. The highest BCUT2D eigenvalue weighted by molar-refractivity contribution is 7.99. The highest BCUT2D eigenvalue weighted by Gasteiger charge is 2.19. The molecule has 1 N–H and O–H groups in total. The number of methoxy groups -OCH3 is 1. The Hall–Kier alpha value is -0.980. The Labute approximate surface area is 119 Å². The molecule has 1 aromatic carbocycles. The van der Waals surface area contributed by atoms with Gasteiger partial charge in [0.1, 0.15) is 10.7 Å². The van der Waals surface area contributed by atoms with E-state index in [4.69, 9.17) is 4.74 Å². The van der Waals surface area contributed by atoms with Crippen molar-refractivity contribution in [2.45, 2.75) is 23.8 Å². The second-order valence-corrected chi connectivity index (χ2v) is 6.61. The summed E-state index contributed by atoms with van der Waals surface area (Å²) >= 11 is 1.81. The molecule has 0 spiro atoms. The maximum Gasteiger partial charge on any atom is 0.228 e. The molecule has 0 amide bonds. The first-order valence-electron chi connectivity index (χ1n) is 6.12. The number of rotatable bonds is 4.